The number of hydrogen-bond acceptors (Lipinski definition) is 5. The third-order valence-corrected chi connectivity index (χ3v) is 4.81. The smallest absolute Gasteiger partial charge is 0.274 e. The molecule has 1 aliphatic rings. The molecule has 1 aliphatic heterocycles. The minimum Gasteiger partial charge on any atom is -0.353 e. The first-order valence-electron chi connectivity index (χ1n) is 8.75. The molecule has 8 heteroatoms. The second-order valence-electron chi connectivity index (χ2n) is 6.68. The van der Waals surface area contributed by atoms with Crippen molar-refractivity contribution < 1.29 is 9.59 Å². The Balaban J connectivity index is 1.82. The van der Waals surface area contributed by atoms with Crippen LogP contribution in [-0.2, 0) is 4.79 Å². The van der Waals surface area contributed by atoms with Crippen LogP contribution in [0.3, 0.4) is 0 Å². The monoisotopic (exact) mass is 387 g/mol. The highest BCUT2D eigenvalue weighted by Crippen LogP contribution is 2.28. The van der Waals surface area contributed by atoms with Crippen LogP contribution < -0.4 is 10.2 Å². The van der Waals surface area contributed by atoms with E-state index in [-0.39, 0.29) is 11.6 Å². The molecule has 0 atom stereocenters. The summed E-state index contributed by atoms with van der Waals surface area (Å²) in [6.45, 7) is 8.20. The predicted octanol–water partition coefficient (Wildman–Crippen LogP) is 2.59. The van der Waals surface area contributed by atoms with Gasteiger partial charge in [0.25, 0.3) is 5.91 Å². The highest BCUT2D eigenvalue weighted by molar-refractivity contribution is 6.34. The second kappa shape index (κ2) is 7.92. The zero-order valence-electron chi connectivity index (χ0n) is 15.6. The van der Waals surface area contributed by atoms with Gasteiger partial charge >= 0.3 is 0 Å². The molecule has 2 aromatic rings. The third-order valence-electron chi connectivity index (χ3n) is 4.51. The van der Waals surface area contributed by atoms with E-state index in [4.69, 9.17) is 11.6 Å². The van der Waals surface area contributed by atoms with Gasteiger partial charge in [0.1, 0.15) is 17.3 Å². The van der Waals surface area contributed by atoms with Crippen molar-refractivity contribution in [1.82, 2.24) is 14.9 Å². The lowest BCUT2D eigenvalue weighted by Gasteiger charge is -2.33. The quantitative estimate of drug-likeness (QED) is 0.816. The van der Waals surface area contributed by atoms with Crippen molar-refractivity contribution in [3.63, 3.8) is 0 Å². The fraction of sp³-hybridized carbons (Fsp3) is 0.368. The van der Waals surface area contributed by atoms with E-state index in [0.717, 1.165) is 17.5 Å². The third kappa shape index (κ3) is 4.36. The Morgan fingerprint density at radius 1 is 1.11 bits per heavy atom. The first-order valence-corrected chi connectivity index (χ1v) is 9.13. The number of carbonyl (C=O) groups excluding carboxylic acids is 2. The number of aryl methyl sites for hydroxylation is 3. The van der Waals surface area contributed by atoms with Gasteiger partial charge < -0.3 is 15.1 Å². The molecule has 0 unspecified atom stereocenters. The molecule has 3 rings (SSSR count). The van der Waals surface area contributed by atoms with Gasteiger partial charge in [-0.25, -0.2) is 9.97 Å². The zero-order chi connectivity index (χ0) is 19.6. The average Bonchev–Trinajstić information content (AvgIpc) is 2.64. The molecule has 2 heterocycles. The largest absolute Gasteiger partial charge is 0.353 e. The number of amides is 2. The molecule has 7 nitrogen and oxygen atoms in total. The van der Waals surface area contributed by atoms with E-state index < -0.39 is 0 Å². The zero-order valence-corrected chi connectivity index (χ0v) is 16.4. The van der Waals surface area contributed by atoms with Gasteiger partial charge in [0.05, 0.1) is 10.7 Å². The molecular weight excluding hydrogens is 366 g/mol. The Morgan fingerprint density at radius 2 is 1.81 bits per heavy atom. The van der Waals surface area contributed by atoms with Crippen LogP contribution in [-0.4, -0.2) is 53.4 Å². The van der Waals surface area contributed by atoms with Crippen molar-refractivity contribution in [3.05, 3.63) is 45.9 Å². The fourth-order valence-electron chi connectivity index (χ4n) is 3.14. The van der Waals surface area contributed by atoms with Crippen LogP contribution in [0.1, 0.15) is 27.4 Å². The van der Waals surface area contributed by atoms with Crippen LogP contribution in [0.15, 0.2) is 18.2 Å². The van der Waals surface area contributed by atoms with E-state index in [1.165, 1.54) is 0 Å². The lowest BCUT2D eigenvalue weighted by atomic mass is 10.1. The van der Waals surface area contributed by atoms with Gasteiger partial charge in [0, 0.05) is 32.2 Å². The van der Waals surface area contributed by atoms with E-state index in [1.54, 1.807) is 17.9 Å². The maximum Gasteiger partial charge on any atom is 0.274 e. The standard InChI is InChI=1S/C19H22ClN5O2/c1-12-8-13(2)18(15(20)9-12)23-19(27)16-10-17(22-14(3)21-16)25-6-4-24(11-26)5-7-25/h8-11H,4-7H2,1-3H3,(H,23,27). The topological polar surface area (TPSA) is 78.4 Å². The van der Waals surface area contributed by atoms with Gasteiger partial charge in [0.15, 0.2) is 0 Å². The summed E-state index contributed by atoms with van der Waals surface area (Å²) >= 11 is 6.29. The van der Waals surface area contributed by atoms with Crippen molar-refractivity contribution in [2.45, 2.75) is 20.8 Å². The van der Waals surface area contributed by atoms with Crippen LogP contribution >= 0.6 is 11.6 Å². The van der Waals surface area contributed by atoms with Crippen LogP contribution in [0.2, 0.25) is 5.02 Å². The summed E-state index contributed by atoms with van der Waals surface area (Å²) in [5.74, 6) is 0.870. The number of benzene rings is 1. The van der Waals surface area contributed by atoms with Crippen LogP contribution in [0, 0.1) is 20.8 Å². The predicted molar refractivity (Wildman–Crippen MR) is 105 cm³/mol. The van der Waals surface area contributed by atoms with Gasteiger partial charge in [0.2, 0.25) is 6.41 Å². The molecule has 0 radical (unpaired) electrons. The number of nitrogens with zero attached hydrogens (tertiary/aromatic N) is 4. The number of halogens is 1. The number of piperazine rings is 1. The lowest BCUT2D eigenvalue weighted by molar-refractivity contribution is -0.118. The summed E-state index contributed by atoms with van der Waals surface area (Å²) in [5.41, 5.74) is 2.80. The summed E-state index contributed by atoms with van der Waals surface area (Å²) in [6, 6.07) is 5.45. The number of rotatable bonds is 4. The number of aromatic nitrogens is 2. The normalized spacial score (nSPS) is 14.2. The molecule has 0 bridgehead atoms. The first kappa shape index (κ1) is 19.1. The van der Waals surface area contributed by atoms with E-state index >= 15 is 0 Å². The first-order chi connectivity index (χ1) is 12.9. The molecule has 0 aliphatic carbocycles. The van der Waals surface area contributed by atoms with Crippen molar-refractivity contribution in [2.75, 3.05) is 36.4 Å². The Bertz CT molecular complexity index is 855. The Kier molecular flexibility index (Phi) is 5.60. The van der Waals surface area contributed by atoms with Crippen molar-refractivity contribution in [1.29, 1.82) is 0 Å². The van der Waals surface area contributed by atoms with Gasteiger partial charge in [-0.15, -0.1) is 0 Å². The summed E-state index contributed by atoms with van der Waals surface area (Å²) in [4.78, 5) is 36.1. The van der Waals surface area contributed by atoms with E-state index in [1.807, 2.05) is 26.0 Å². The number of anilines is 2. The molecule has 1 fully saturated rings. The minimum absolute atomic E-state index is 0.284. The van der Waals surface area contributed by atoms with E-state index in [0.29, 0.717) is 48.5 Å². The van der Waals surface area contributed by atoms with Gasteiger partial charge in [-0.1, -0.05) is 17.7 Å². The average molecular weight is 388 g/mol. The maximum atomic E-state index is 12.8. The summed E-state index contributed by atoms with van der Waals surface area (Å²) in [5, 5.41) is 3.36. The SMILES string of the molecule is Cc1cc(C)c(NC(=O)c2cc(N3CCN(C=O)CC3)nc(C)n2)c(Cl)c1. The Hall–Kier alpha value is -2.67. The van der Waals surface area contributed by atoms with Crippen LogP contribution in [0.25, 0.3) is 0 Å². The van der Waals surface area contributed by atoms with Crippen molar-refractivity contribution in [2.24, 2.45) is 0 Å². The molecule has 1 N–H and O–H groups in total. The molecule has 0 saturated carbocycles. The van der Waals surface area contributed by atoms with Gasteiger partial charge in [-0.3, -0.25) is 9.59 Å². The molecule has 27 heavy (non-hydrogen) atoms. The number of carbonyl (C=O) groups is 2. The second-order valence-corrected chi connectivity index (χ2v) is 7.09. The number of hydrogen-bond donors (Lipinski definition) is 1. The molecule has 1 aromatic heterocycles. The van der Waals surface area contributed by atoms with Crippen LogP contribution in [0.5, 0.6) is 0 Å². The Labute approximate surface area is 163 Å². The van der Waals surface area contributed by atoms with E-state index in [2.05, 4.69) is 20.2 Å². The minimum atomic E-state index is -0.331. The molecule has 1 aromatic carbocycles. The summed E-state index contributed by atoms with van der Waals surface area (Å²) in [7, 11) is 0. The van der Waals surface area contributed by atoms with Gasteiger partial charge in [-0.05, 0) is 38.0 Å². The molecule has 142 valence electrons. The highest BCUT2D eigenvalue weighted by atomic mass is 35.5. The van der Waals surface area contributed by atoms with Gasteiger partial charge in [-0.2, -0.15) is 0 Å². The molecular formula is C19H22ClN5O2. The molecule has 2 amide bonds. The number of nitrogens with one attached hydrogen (secondary N) is 1. The summed E-state index contributed by atoms with van der Waals surface area (Å²) < 4.78 is 0. The molecule has 1 saturated heterocycles. The fourth-order valence-corrected chi connectivity index (χ4v) is 3.51. The van der Waals surface area contributed by atoms with E-state index in [9.17, 15) is 9.59 Å². The molecule has 0 spiro atoms. The maximum absolute atomic E-state index is 12.8. The Morgan fingerprint density at radius 3 is 2.44 bits per heavy atom. The summed E-state index contributed by atoms with van der Waals surface area (Å²) in [6.07, 6.45) is 0.856. The van der Waals surface area contributed by atoms with Crippen LogP contribution in [0.4, 0.5) is 11.5 Å². The lowest BCUT2D eigenvalue weighted by Crippen LogP contribution is -2.46. The van der Waals surface area contributed by atoms with Crippen molar-refractivity contribution in [3.8, 4) is 0 Å². The highest BCUT2D eigenvalue weighted by Gasteiger charge is 2.20. The van der Waals surface area contributed by atoms with Crippen molar-refractivity contribution >= 4 is 35.4 Å².